The van der Waals surface area contributed by atoms with Gasteiger partial charge in [0.25, 0.3) is 5.60 Å². The van der Waals surface area contributed by atoms with Gasteiger partial charge < -0.3 is 23.4 Å². The molecule has 2 aromatic carbocycles. The molecule has 2 aliphatic rings. The molecule has 0 aliphatic carbocycles. The lowest BCUT2D eigenvalue weighted by molar-refractivity contribution is -0.264. The fraction of sp³-hybridized carbons (Fsp3) is 0.480. The first-order valence-electron chi connectivity index (χ1n) is 11.4. The summed E-state index contributed by atoms with van der Waals surface area (Å²) in [5, 5.41) is 0. The Morgan fingerprint density at radius 2 is 1.46 bits per heavy atom. The van der Waals surface area contributed by atoms with Gasteiger partial charge in [-0.2, -0.15) is 13.2 Å². The van der Waals surface area contributed by atoms with E-state index in [-0.39, 0.29) is 18.8 Å². The molecule has 2 fully saturated rings. The van der Waals surface area contributed by atoms with Gasteiger partial charge in [-0.3, -0.25) is 0 Å². The maximum atomic E-state index is 14.6. The number of carbonyl (C=O) groups is 1. The topological polar surface area (TPSA) is 63.2 Å². The number of carbonyl (C=O) groups excluding carboxylic acids is 1. The van der Waals surface area contributed by atoms with E-state index < -0.39 is 50.5 Å². The van der Waals surface area contributed by atoms with Crippen LogP contribution in [0.15, 0.2) is 60.7 Å². The van der Waals surface area contributed by atoms with E-state index in [2.05, 4.69) is 0 Å². The zero-order valence-corrected chi connectivity index (χ0v) is 20.8. The number of benzene rings is 2. The van der Waals surface area contributed by atoms with Crippen molar-refractivity contribution in [1.82, 2.24) is 0 Å². The number of hydrogen-bond donors (Lipinski definition) is 0. The Kier molecular flexibility index (Phi) is 7.40. The van der Waals surface area contributed by atoms with Crippen molar-refractivity contribution >= 4 is 14.3 Å². The van der Waals surface area contributed by atoms with E-state index in [0.29, 0.717) is 6.61 Å². The normalized spacial score (nSPS) is 26.2. The van der Waals surface area contributed by atoms with Crippen LogP contribution in [0.1, 0.15) is 11.1 Å². The second kappa shape index (κ2) is 10.0. The molecule has 0 unspecified atom stereocenters. The second-order valence-corrected chi connectivity index (χ2v) is 14.1. The van der Waals surface area contributed by atoms with Crippen LogP contribution in [-0.2, 0) is 40.4 Å². The molecule has 6 nitrogen and oxygen atoms in total. The Morgan fingerprint density at radius 1 is 0.914 bits per heavy atom. The molecule has 10 heteroatoms. The van der Waals surface area contributed by atoms with Crippen molar-refractivity contribution in [2.24, 2.45) is 0 Å². The Morgan fingerprint density at radius 3 is 2.03 bits per heavy atom. The summed E-state index contributed by atoms with van der Waals surface area (Å²) in [4.78, 5) is 13.3. The summed E-state index contributed by atoms with van der Waals surface area (Å²) in [6.45, 7) is 5.20. The number of halogens is 3. The van der Waals surface area contributed by atoms with Crippen molar-refractivity contribution in [2.45, 2.75) is 62.4 Å². The van der Waals surface area contributed by atoms with Crippen LogP contribution in [0.4, 0.5) is 13.2 Å². The molecule has 0 N–H and O–H groups in total. The molecule has 5 atom stereocenters. The van der Waals surface area contributed by atoms with Gasteiger partial charge in [-0.05, 0) is 25.2 Å². The predicted octanol–water partition coefficient (Wildman–Crippen LogP) is 4.59. The highest BCUT2D eigenvalue weighted by Gasteiger charge is 2.66. The van der Waals surface area contributed by atoms with Crippen LogP contribution in [0.2, 0.25) is 19.6 Å². The van der Waals surface area contributed by atoms with Gasteiger partial charge >= 0.3 is 12.1 Å². The maximum absolute atomic E-state index is 14.6. The van der Waals surface area contributed by atoms with Gasteiger partial charge in [-0.25, -0.2) is 4.79 Å². The molecular weight excluding hydrogens is 481 g/mol. The summed E-state index contributed by atoms with van der Waals surface area (Å²) >= 11 is 0. The minimum atomic E-state index is -5.05. The Labute approximate surface area is 203 Å². The van der Waals surface area contributed by atoms with Crippen LogP contribution in [0.5, 0.6) is 0 Å². The number of esters is 1. The average molecular weight is 511 g/mol. The molecule has 2 aromatic rings. The molecule has 0 spiro atoms. The highest BCUT2D eigenvalue weighted by molar-refractivity contribution is 6.70. The quantitative estimate of drug-likeness (QED) is 0.382. The average Bonchev–Trinajstić information content (AvgIpc) is 3.39. The second-order valence-electron chi connectivity index (χ2n) is 9.63. The van der Waals surface area contributed by atoms with E-state index in [1.54, 1.807) is 25.7 Å². The molecule has 0 aromatic heterocycles. The van der Waals surface area contributed by atoms with Crippen molar-refractivity contribution in [3.8, 4) is 0 Å². The summed E-state index contributed by atoms with van der Waals surface area (Å²) < 4.78 is 72.4. The summed E-state index contributed by atoms with van der Waals surface area (Å²) in [7, 11) is -2.89. The molecule has 0 radical (unpaired) electrons. The molecule has 0 amide bonds. The largest absolute Gasteiger partial charge is 0.454 e. The molecule has 35 heavy (non-hydrogen) atoms. The van der Waals surface area contributed by atoms with E-state index in [1.807, 2.05) is 30.3 Å². The monoisotopic (exact) mass is 510 g/mol. The number of alkyl halides is 3. The number of hydrogen-bond acceptors (Lipinski definition) is 6. The third kappa shape index (κ3) is 5.46. The summed E-state index contributed by atoms with van der Waals surface area (Å²) in [6.07, 6.45) is -7.78. The van der Waals surface area contributed by atoms with Gasteiger partial charge in [0.2, 0.25) is 0 Å². The van der Waals surface area contributed by atoms with Crippen LogP contribution in [0.25, 0.3) is 0 Å². The van der Waals surface area contributed by atoms with Gasteiger partial charge in [0.1, 0.15) is 18.3 Å². The van der Waals surface area contributed by atoms with Crippen molar-refractivity contribution in [2.75, 3.05) is 13.2 Å². The predicted molar refractivity (Wildman–Crippen MR) is 123 cm³/mol. The van der Waals surface area contributed by atoms with Gasteiger partial charge in [-0.1, -0.05) is 60.7 Å². The lowest BCUT2D eigenvalue weighted by Gasteiger charge is -2.39. The molecule has 2 aliphatic heterocycles. The molecule has 4 rings (SSSR count). The van der Waals surface area contributed by atoms with Crippen LogP contribution in [0, 0.1) is 0 Å². The van der Waals surface area contributed by atoms with E-state index in [4.69, 9.17) is 23.4 Å². The van der Waals surface area contributed by atoms with Crippen LogP contribution >= 0.6 is 0 Å². The van der Waals surface area contributed by atoms with E-state index >= 15 is 0 Å². The third-order valence-corrected chi connectivity index (χ3v) is 6.77. The molecular formula is C25H29F3O6Si. The van der Waals surface area contributed by atoms with Crippen LogP contribution in [-0.4, -0.2) is 58.1 Å². The Hall–Kier alpha value is -2.24. The SMILES string of the molecule is C[Si](C)(C)O[C@](C(=O)O[C@@H]1CO[C@H]2[C@@H]1OC[C@@H]2OCc1ccccc1)(c1ccccc1)C(F)(F)F. The minimum absolute atomic E-state index is 0.0953. The van der Waals surface area contributed by atoms with E-state index in [9.17, 15) is 18.0 Å². The maximum Gasteiger partial charge on any atom is 0.431 e. The highest BCUT2D eigenvalue weighted by Crippen LogP contribution is 2.46. The zero-order valence-electron chi connectivity index (χ0n) is 19.8. The highest BCUT2D eigenvalue weighted by atomic mass is 28.4. The van der Waals surface area contributed by atoms with Crippen molar-refractivity contribution in [3.63, 3.8) is 0 Å². The standard InChI is InChI=1S/C25H29F3O6Si/c1-35(2,3)34-24(25(26,27)28,18-12-8-5-9-13-18)23(29)33-20-16-32-21-19(15-31-22(20)21)30-14-17-10-6-4-7-11-17/h4-13,19-22H,14-16H2,1-3H3/t19-,20+,21+,22+,24-/m0/s1. The number of ether oxygens (including phenoxy) is 4. The minimum Gasteiger partial charge on any atom is -0.454 e. The van der Waals surface area contributed by atoms with Crippen LogP contribution in [0.3, 0.4) is 0 Å². The molecule has 2 saturated heterocycles. The molecule has 0 saturated carbocycles. The van der Waals surface area contributed by atoms with E-state index in [1.165, 1.54) is 24.3 Å². The summed E-state index contributed by atoms with van der Waals surface area (Å²) in [5.74, 6) is -1.52. The first kappa shape index (κ1) is 25.8. The Bertz CT molecular complexity index is 998. The van der Waals surface area contributed by atoms with E-state index in [0.717, 1.165) is 5.56 Å². The lowest BCUT2D eigenvalue weighted by atomic mass is 9.93. The number of rotatable bonds is 8. The Balaban J connectivity index is 1.52. The van der Waals surface area contributed by atoms with Gasteiger partial charge in [0.15, 0.2) is 14.4 Å². The first-order chi connectivity index (χ1) is 16.5. The lowest BCUT2D eigenvalue weighted by Crippen LogP contribution is -2.57. The van der Waals surface area contributed by atoms with Crippen molar-refractivity contribution in [1.29, 1.82) is 0 Å². The zero-order chi connectivity index (χ0) is 25.3. The molecule has 0 bridgehead atoms. The summed E-state index contributed by atoms with van der Waals surface area (Å²) in [5.41, 5.74) is -2.61. The molecule has 2 heterocycles. The van der Waals surface area contributed by atoms with Gasteiger partial charge in [-0.15, -0.1) is 0 Å². The van der Waals surface area contributed by atoms with Crippen molar-refractivity contribution in [3.05, 3.63) is 71.8 Å². The van der Waals surface area contributed by atoms with Crippen LogP contribution < -0.4 is 0 Å². The van der Waals surface area contributed by atoms with Crippen molar-refractivity contribution < 1.29 is 41.3 Å². The fourth-order valence-corrected chi connectivity index (χ4v) is 5.59. The third-order valence-electron chi connectivity index (χ3n) is 5.85. The van der Waals surface area contributed by atoms with Gasteiger partial charge in [0, 0.05) is 5.56 Å². The fourth-order valence-electron chi connectivity index (χ4n) is 4.36. The smallest absolute Gasteiger partial charge is 0.431 e. The molecule has 190 valence electrons. The number of fused-ring (bicyclic) bond motifs is 1. The first-order valence-corrected chi connectivity index (χ1v) is 14.8. The summed E-state index contributed by atoms with van der Waals surface area (Å²) in [6, 6.07) is 16.4. The van der Waals surface area contributed by atoms with Gasteiger partial charge in [0.05, 0.1) is 19.8 Å².